The quantitative estimate of drug-likeness (QED) is 0.707. The average molecular weight is 428 g/mol. The maximum atomic E-state index is 13.4. The van der Waals surface area contributed by atoms with Gasteiger partial charge in [-0.2, -0.15) is 0 Å². The minimum Gasteiger partial charge on any atom is -0.507 e. The lowest BCUT2D eigenvalue weighted by molar-refractivity contribution is -0.134. The summed E-state index contributed by atoms with van der Waals surface area (Å²) in [6.45, 7) is 5.90. The molecule has 0 aromatic heterocycles. The van der Waals surface area contributed by atoms with Crippen LogP contribution >= 0.6 is 0 Å². The summed E-state index contributed by atoms with van der Waals surface area (Å²) in [6, 6.07) is 10.9. The molecule has 6 heteroatoms. The normalized spacial score (nSPS) is 19.6. The molecule has 0 aliphatic carbocycles. The van der Waals surface area contributed by atoms with Crippen molar-refractivity contribution in [3.63, 3.8) is 0 Å². The van der Waals surface area contributed by atoms with Crippen molar-refractivity contribution in [3.8, 4) is 23.0 Å². The van der Waals surface area contributed by atoms with Crippen LogP contribution in [-0.2, 0) is 4.79 Å². The molecule has 2 aromatic carbocycles. The summed E-state index contributed by atoms with van der Waals surface area (Å²) in [5, 5.41) is 10.9. The van der Waals surface area contributed by atoms with E-state index in [0.29, 0.717) is 34.6 Å². The fraction of sp³-hybridized carbons (Fsp3) is 0.480. The molecule has 1 N–H and O–H groups in total. The zero-order valence-electron chi connectivity index (χ0n) is 19.1. The minimum atomic E-state index is -0.393. The summed E-state index contributed by atoms with van der Waals surface area (Å²) in [5.74, 6) is 2.35. The maximum absolute atomic E-state index is 13.4. The molecule has 3 unspecified atom stereocenters. The lowest BCUT2D eigenvalue weighted by Crippen LogP contribution is -2.43. The predicted molar refractivity (Wildman–Crippen MR) is 120 cm³/mol. The second-order valence-corrected chi connectivity index (χ2v) is 8.54. The van der Waals surface area contributed by atoms with E-state index in [1.807, 2.05) is 29.2 Å². The summed E-state index contributed by atoms with van der Waals surface area (Å²) in [7, 11) is 4.70. The monoisotopic (exact) mass is 427 g/mol. The molecule has 1 aliphatic heterocycles. The van der Waals surface area contributed by atoms with Gasteiger partial charge in [-0.3, -0.25) is 4.79 Å². The van der Waals surface area contributed by atoms with E-state index >= 15 is 0 Å². The van der Waals surface area contributed by atoms with Crippen molar-refractivity contribution in [2.24, 2.45) is 11.8 Å². The van der Waals surface area contributed by atoms with Crippen molar-refractivity contribution in [2.45, 2.75) is 32.6 Å². The third-order valence-corrected chi connectivity index (χ3v) is 5.99. The van der Waals surface area contributed by atoms with Gasteiger partial charge in [0.2, 0.25) is 5.91 Å². The first kappa shape index (κ1) is 22.8. The molecule has 2 aromatic rings. The highest BCUT2D eigenvalue weighted by atomic mass is 16.5. The first-order valence-corrected chi connectivity index (χ1v) is 10.7. The number of nitrogens with zero attached hydrogens (tertiary/aromatic N) is 1. The van der Waals surface area contributed by atoms with E-state index in [1.54, 1.807) is 26.4 Å². The first-order chi connectivity index (χ1) is 14.9. The third kappa shape index (κ3) is 5.24. The number of hydrogen-bond donors (Lipinski definition) is 1. The van der Waals surface area contributed by atoms with Crippen molar-refractivity contribution in [1.82, 2.24) is 4.90 Å². The van der Waals surface area contributed by atoms with E-state index in [1.165, 1.54) is 7.11 Å². The topological polar surface area (TPSA) is 68.2 Å². The lowest BCUT2D eigenvalue weighted by atomic mass is 9.85. The van der Waals surface area contributed by atoms with Gasteiger partial charge in [-0.05, 0) is 36.0 Å². The number of carbonyl (C=O) groups is 1. The molecule has 1 fully saturated rings. The molecule has 6 nitrogen and oxygen atoms in total. The summed E-state index contributed by atoms with van der Waals surface area (Å²) in [6.07, 6.45) is 1.36. The van der Waals surface area contributed by atoms with Gasteiger partial charge in [-0.25, -0.2) is 0 Å². The maximum Gasteiger partial charge on any atom is 0.223 e. The molecule has 0 radical (unpaired) electrons. The number of likely N-dealkylation sites (tertiary alicyclic amines) is 1. The largest absolute Gasteiger partial charge is 0.507 e. The molecule has 1 heterocycles. The lowest BCUT2D eigenvalue weighted by Gasteiger charge is -2.36. The van der Waals surface area contributed by atoms with E-state index in [-0.39, 0.29) is 18.1 Å². The molecule has 0 spiro atoms. The van der Waals surface area contributed by atoms with Crippen LogP contribution in [-0.4, -0.2) is 50.3 Å². The average Bonchev–Trinajstić information content (AvgIpc) is 2.76. The Balaban J connectivity index is 2.03. The van der Waals surface area contributed by atoms with Gasteiger partial charge >= 0.3 is 0 Å². The number of amides is 1. The Morgan fingerprint density at radius 3 is 2.32 bits per heavy atom. The van der Waals surface area contributed by atoms with Crippen LogP contribution in [0.4, 0.5) is 0 Å². The number of hydrogen-bond acceptors (Lipinski definition) is 5. The number of piperidine rings is 1. The predicted octanol–water partition coefficient (Wildman–Crippen LogP) is 4.44. The SMILES string of the molecule is COc1cccc(C(CC(=O)N2CC(C)CC(C)C2)c2c(O)cc(OC)cc2OC)c1. The van der Waals surface area contributed by atoms with Crippen LogP contribution in [0.1, 0.15) is 43.7 Å². The standard InChI is InChI=1S/C25H33NO5/c1-16-9-17(2)15-26(14-16)24(28)13-21(18-7-6-8-19(10-18)29-3)25-22(27)11-20(30-4)12-23(25)31-5/h6-8,10-12,16-17,21,27H,9,13-15H2,1-5H3. The van der Waals surface area contributed by atoms with Crippen LogP contribution in [0.2, 0.25) is 0 Å². The van der Waals surface area contributed by atoms with E-state index in [0.717, 1.165) is 25.1 Å². The van der Waals surface area contributed by atoms with Crippen molar-refractivity contribution in [3.05, 3.63) is 47.5 Å². The van der Waals surface area contributed by atoms with Crippen LogP contribution in [0.25, 0.3) is 0 Å². The zero-order chi connectivity index (χ0) is 22.5. The highest BCUT2D eigenvalue weighted by Gasteiger charge is 2.31. The fourth-order valence-electron chi connectivity index (χ4n) is 4.64. The minimum absolute atomic E-state index is 0.0391. The van der Waals surface area contributed by atoms with Crippen LogP contribution in [0.3, 0.4) is 0 Å². The van der Waals surface area contributed by atoms with E-state index in [9.17, 15) is 9.90 Å². The van der Waals surface area contributed by atoms with Gasteiger partial charge in [0.15, 0.2) is 0 Å². The van der Waals surface area contributed by atoms with Crippen LogP contribution in [0.15, 0.2) is 36.4 Å². The number of rotatable bonds is 7. The van der Waals surface area contributed by atoms with Gasteiger partial charge in [-0.1, -0.05) is 26.0 Å². The Hall–Kier alpha value is -2.89. The molecule has 3 atom stereocenters. The molecule has 0 bridgehead atoms. The first-order valence-electron chi connectivity index (χ1n) is 10.7. The van der Waals surface area contributed by atoms with E-state index in [2.05, 4.69) is 13.8 Å². The van der Waals surface area contributed by atoms with E-state index < -0.39 is 5.92 Å². The fourth-order valence-corrected chi connectivity index (χ4v) is 4.64. The molecule has 168 valence electrons. The summed E-state index contributed by atoms with van der Waals surface area (Å²) in [4.78, 5) is 15.3. The van der Waals surface area contributed by atoms with Crippen LogP contribution < -0.4 is 14.2 Å². The summed E-state index contributed by atoms with van der Waals surface area (Å²) >= 11 is 0. The molecule has 31 heavy (non-hydrogen) atoms. The van der Waals surface area contributed by atoms with Gasteiger partial charge in [-0.15, -0.1) is 0 Å². The van der Waals surface area contributed by atoms with Gasteiger partial charge in [0.25, 0.3) is 0 Å². The van der Waals surface area contributed by atoms with Crippen LogP contribution in [0.5, 0.6) is 23.0 Å². The Morgan fingerprint density at radius 1 is 1.03 bits per heavy atom. The second kappa shape index (κ2) is 9.94. The zero-order valence-corrected chi connectivity index (χ0v) is 19.1. The van der Waals surface area contributed by atoms with Gasteiger partial charge < -0.3 is 24.2 Å². The van der Waals surface area contributed by atoms with Gasteiger partial charge in [0.05, 0.1) is 21.3 Å². The van der Waals surface area contributed by atoms with Crippen molar-refractivity contribution >= 4 is 5.91 Å². The van der Waals surface area contributed by atoms with Gasteiger partial charge in [0.1, 0.15) is 23.0 Å². The van der Waals surface area contributed by atoms with Crippen molar-refractivity contribution in [2.75, 3.05) is 34.4 Å². The number of carbonyl (C=O) groups excluding carboxylic acids is 1. The summed E-state index contributed by atoms with van der Waals surface area (Å²) < 4.78 is 16.3. The number of aromatic hydroxyl groups is 1. The molecule has 3 rings (SSSR count). The molecule has 1 aliphatic rings. The molecule has 0 saturated carbocycles. The molecule has 1 saturated heterocycles. The number of ether oxygens (including phenoxy) is 3. The summed E-state index contributed by atoms with van der Waals surface area (Å²) in [5.41, 5.74) is 1.45. The molecule has 1 amide bonds. The van der Waals surface area contributed by atoms with Crippen LogP contribution in [0, 0.1) is 11.8 Å². The highest BCUT2D eigenvalue weighted by Crippen LogP contribution is 2.43. The van der Waals surface area contributed by atoms with E-state index in [4.69, 9.17) is 14.2 Å². The second-order valence-electron chi connectivity index (χ2n) is 8.54. The number of methoxy groups -OCH3 is 3. The Kier molecular flexibility index (Phi) is 7.31. The highest BCUT2D eigenvalue weighted by molar-refractivity contribution is 5.78. The molecular formula is C25H33NO5. The number of phenols is 1. The third-order valence-electron chi connectivity index (χ3n) is 5.99. The molecular weight excluding hydrogens is 394 g/mol. The number of phenolic OH excluding ortho intramolecular Hbond substituents is 1. The Morgan fingerprint density at radius 2 is 1.71 bits per heavy atom. The van der Waals surface area contributed by atoms with Crippen molar-refractivity contribution in [1.29, 1.82) is 0 Å². The Bertz CT molecular complexity index is 903. The van der Waals surface area contributed by atoms with Gasteiger partial charge in [0, 0.05) is 43.1 Å². The number of benzene rings is 2. The smallest absolute Gasteiger partial charge is 0.223 e. The van der Waals surface area contributed by atoms with Crippen molar-refractivity contribution < 1.29 is 24.1 Å². The Labute approximate surface area is 184 Å².